The second-order valence-corrected chi connectivity index (χ2v) is 3.84. The van der Waals surface area contributed by atoms with E-state index in [0.717, 1.165) is 5.56 Å². The zero-order valence-electron chi connectivity index (χ0n) is 9.63. The van der Waals surface area contributed by atoms with Crippen molar-refractivity contribution in [1.29, 1.82) is 0 Å². The van der Waals surface area contributed by atoms with E-state index in [0.29, 0.717) is 5.56 Å². The molecule has 6 heteroatoms. The highest BCUT2D eigenvalue weighted by atomic mass is 19.3. The molecule has 0 atom stereocenters. The van der Waals surface area contributed by atoms with E-state index in [1.54, 1.807) is 12.1 Å². The van der Waals surface area contributed by atoms with Crippen molar-refractivity contribution < 1.29 is 27.1 Å². The minimum absolute atomic E-state index is 0.293. The molecule has 0 radical (unpaired) electrons. The summed E-state index contributed by atoms with van der Waals surface area (Å²) in [5, 5.41) is 0. The van der Waals surface area contributed by atoms with Gasteiger partial charge in [0.2, 0.25) is 0 Å². The number of ketones is 1. The maximum atomic E-state index is 12.5. The number of hydrogen-bond donors (Lipinski definition) is 0. The van der Waals surface area contributed by atoms with E-state index in [1.165, 1.54) is 12.1 Å². The van der Waals surface area contributed by atoms with Gasteiger partial charge in [-0.05, 0) is 6.92 Å². The van der Waals surface area contributed by atoms with Gasteiger partial charge >= 0.3 is 12.3 Å². The molecule has 0 fully saturated rings. The van der Waals surface area contributed by atoms with Crippen LogP contribution in [-0.4, -0.2) is 31.3 Å². The van der Waals surface area contributed by atoms with E-state index in [2.05, 4.69) is 4.74 Å². The molecule has 0 saturated carbocycles. The Kier molecular flexibility index (Phi) is 4.84. The molecule has 0 spiro atoms. The summed E-state index contributed by atoms with van der Waals surface area (Å²) in [4.78, 5) is 11.5. The topological polar surface area (TPSA) is 26.3 Å². The highest BCUT2D eigenvalue weighted by Crippen LogP contribution is 2.22. The number of carbonyl (C=O) groups excluding carboxylic acids is 1. The Morgan fingerprint density at radius 3 is 2.33 bits per heavy atom. The molecule has 0 aliphatic heterocycles. The van der Waals surface area contributed by atoms with Gasteiger partial charge in [0.1, 0.15) is 13.2 Å². The lowest BCUT2D eigenvalue weighted by Crippen LogP contribution is -2.33. The van der Waals surface area contributed by atoms with Crippen LogP contribution in [0.25, 0.3) is 0 Å². The number of Topliss-reactive ketones (excluding diaryl/α,β-unsaturated/α-hetero) is 1. The van der Waals surface area contributed by atoms with Crippen molar-refractivity contribution in [3.05, 3.63) is 35.4 Å². The largest absolute Gasteiger partial charge is 0.367 e. The number of halogens is 4. The molecule has 0 bridgehead atoms. The lowest BCUT2D eigenvalue weighted by atomic mass is 10.1. The molecule has 100 valence electrons. The van der Waals surface area contributed by atoms with Crippen LogP contribution in [0.4, 0.5) is 17.6 Å². The number of benzene rings is 1. The molecule has 1 rings (SSSR count). The van der Waals surface area contributed by atoms with Crippen molar-refractivity contribution in [3.8, 4) is 0 Å². The van der Waals surface area contributed by atoms with Crippen LogP contribution >= 0.6 is 0 Å². The van der Waals surface area contributed by atoms with Crippen molar-refractivity contribution in [2.24, 2.45) is 0 Å². The van der Waals surface area contributed by atoms with Crippen LogP contribution in [0.5, 0.6) is 0 Å². The van der Waals surface area contributed by atoms with E-state index >= 15 is 0 Å². The molecule has 0 aromatic heterocycles. The summed E-state index contributed by atoms with van der Waals surface area (Å²) >= 11 is 0. The zero-order valence-corrected chi connectivity index (χ0v) is 9.63. The second-order valence-electron chi connectivity index (χ2n) is 3.84. The number of carbonyl (C=O) groups is 1. The third kappa shape index (κ3) is 4.10. The lowest BCUT2D eigenvalue weighted by molar-refractivity contribution is -0.163. The maximum Gasteiger partial charge on any atom is 0.330 e. The predicted octanol–water partition coefficient (Wildman–Crippen LogP) is 3.09. The molecule has 0 unspecified atom stereocenters. The Hall–Kier alpha value is -1.43. The zero-order chi connectivity index (χ0) is 13.8. The van der Waals surface area contributed by atoms with E-state index < -0.39 is 31.3 Å². The molecular formula is C12H12F4O2. The number of rotatable bonds is 6. The molecule has 2 nitrogen and oxygen atoms in total. The Balaban J connectivity index is 2.45. The molecule has 0 aliphatic carbocycles. The summed E-state index contributed by atoms with van der Waals surface area (Å²) in [5.41, 5.74) is 1.23. The van der Waals surface area contributed by atoms with Crippen molar-refractivity contribution >= 4 is 5.78 Å². The summed E-state index contributed by atoms with van der Waals surface area (Å²) in [6, 6.07) is 6.40. The first-order valence-corrected chi connectivity index (χ1v) is 5.16. The standard InChI is InChI=1S/C12H12F4O2/c1-8-2-4-9(5-3-8)10(17)6-18-7-12(15,16)11(13)14/h2-5,11H,6-7H2,1H3. The quantitative estimate of drug-likeness (QED) is 0.583. The highest BCUT2D eigenvalue weighted by Gasteiger charge is 2.41. The van der Waals surface area contributed by atoms with Crippen molar-refractivity contribution in [2.75, 3.05) is 13.2 Å². The van der Waals surface area contributed by atoms with E-state index in [4.69, 9.17) is 0 Å². The van der Waals surface area contributed by atoms with Gasteiger partial charge in [0.25, 0.3) is 0 Å². The van der Waals surface area contributed by atoms with Crippen molar-refractivity contribution in [2.45, 2.75) is 19.3 Å². The normalized spacial score (nSPS) is 11.9. The first-order chi connectivity index (χ1) is 8.33. The minimum atomic E-state index is -4.23. The van der Waals surface area contributed by atoms with Crippen molar-refractivity contribution in [3.63, 3.8) is 0 Å². The van der Waals surface area contributed by atoms with Gasteiger partial charge in [0.15, 0.2) is 5.78 Å². The fraction of sp³-hybridized carbons (Fsp3) is 0.417. The van der Waals surface area contributed by atoms with Gasteiger partial charge in [-0.1, -0.05) is 29.8 Å². The summed E-state index contributed by atoms with van der Waals surface area (Å²) < 4.78 is 52.8. The number of alkyl halides is 4. The summed E-state index contributed by atoms with van der Waals surface area (Å²) in [6.07, 6.45) is -3.80. The molecule has 0 aliphatic rings. The highest BCUT2D eigenvalue weighted by molar-refractivity contribution is 5.97. The summed E-state index contributed by atoms with van der Waals surface area (Å²) in [7, 11) is 0. The van der Waals surface area contributed by atoms with E-state index in [1.807, 2.05) is 6.92 Å². The average molecular weight is 264 g/mol. The van der Waals surface area contributed by atoms with Crippen LogP contribution in [0.1, 0.15) is 15.9 Å². The molecule has 0 amide bonds. The lowest BCUT2D eigenvalue weighted by Gasteiger charge is -2.14. The van der Waals surface area contributed by atoms with Gasteiger partial charge in [-0.15, -0.1) is 0 Å². The van der Waals surface area contributed by atoms with Gasteiger partial charge < -0.3 is 4.74 Å². The molecule has 0 heterocycles. The molecule has 0 N–H and O–H groups in total. The first kappa shape index (κ1) is 14.6. The molecule has 18 heavy (non-hydrogen) atoms. The summed E-state index contributed by atoms with van der Waals surface area (Å²) in [6.45, 7) is -0.290. The number of aryl methyl sites for hydroxylation is 1. The fourth-order valence-corrected chi connectivity index (χ4v) is 1.17. The smallest absolute Gasteiger partial charge is 0.330 e. The third-order valence-electron chi connectivity index (χ3n) is 2.22. The molecule has 1 aromatic carbocycles. The molecule has 1 aromatic rings. The van der Waals surface area contributed by atoms with Gasteiger partial charge in [0, 0.05) is 5.56 Å². The van der Waals surface area contributed by atoms with Crippen LogP contribution in [-0.2, 0) is 4.74 Å². The van der Waals surface area contributed by atoms with E-state index in [9.17, 15) is 22.4 Å². The SMILES string of the molecule is Cc1ccc(C(=O)COCC(F)(F)C(F)F)cc1. The monoisotopic (exact) mass is 264 g/mol. The fourth-order valence-electron chi connectivity index (χ4n) is 1.17. The van der Waals surface area contributed by atoms with Crippen LogP contribution in [0.3, 0.4) is 0 Å². The number of ether oxygens (including phenoxy) is 1. The first-order valence-electron chi connectivity index (χ1n) is 5.16. The van der Waals surface area contributed by atoms with Crippen molar-refractivity contribution in [1.82, 2.24) is 0 Å². The maximum absolute atomic E-state index is 12.5. The van der Waals surface area contributed by atoms with Gasteiger partial charge in [-0.2, -0.15) is 8.78 Å². The average Bonchev–Trinajstić information content (AvgIpc) is 2.29. The van der Waals surface area contributed by atoms with Gasteiger partial charge in [0.05, 0.1) is 0 Å². The third-order valence-corrected chi connectivity index (χ3v) is 2.22. The minimum Gasteiger partial charge on any atom is -0.367 e. The second kappa shape index (κ2) is 5.95. The van der Waals surface area contributed by atoms with Gasteiger partial charge in [-0.25, -0.2) is 8.78 Å². The molecule has 0 saturated heterocycles. The van der Waals surface area contributed by atoms with Crippen LogP contribution < -0.4 is 0 Å². The summed E-state index contributed by atoms with van der Waals surface area (Å²) in [5.74, 6) is -4.76. The predicted molar refractivity (Wildman–Crippen MR) is 57.3 cm³/mol. The van der Waals surface area contributed by atoms with Crippen LogP contribution in [0.15, 0.2) is 24.3 Å². The number of hydrogen-bond acceptors (Lipinski definition) is 2. The Morgan fingerprint density at radius 2 is 1.83 bits per heavy atom. The van der Waals surface area contributed by atoms with Crippen LogP contribution in [0, 0.1) is 6.92 Å². The Morgan fingerprint density at radius 1 is 1.28 bits per heavy atom. The Labute approximate surface area is 102 Å². The Bertz CT molecular complexity index is 401. The molecular weight excluding hydrogens is 252 g/mol. The van der Waals surface area contributed by atoms with Crippen LogP contribution in [0.2, 0.25) is 0 Å². The van der Waals surface area contributed by atoms with E-state index in [-0.39, 0.29) is 0 Å². The van der Waals surface area contributed by atoms with Gasteiger partial charge in [-0.3, -0.25) is 4.79 Å².